The molecule has 3 N–H and O–H groups in total. The minimum absolute atomic E-state index is 0. The molecule has 3 atom stereocenters. The van der Waals surface area contributed by atoms with Crippen LogP contribution in [-0.4, -0.2) is 57.7 Å². The van der Waals surface area contributed by atoms with Gasteiger partial charge in [0.05, 0.1) is 17.5 Å². The van der Waals surface area contributed by atoms with Crippen molar-refractivity contribution in [2.45, 2.75) is 49.5 Å². The molecule has 1 unspecified atom stereocenters. The topological polar surface area (TPSA) is 104 Å². The lowest BCUT2D eigenvalue weighted by Gasteiger charge is -2.29. The van der Waals surface area contributed by atoms with Gasteiger partial charge in [-0.15, -0.1) is 12.4 Å². The highest BCUT2D eigenvalue weighted by atomic mass is 35.5. The Kier molecular flexibility index (Phi) is 10.3. The van der Waals surface area contributed by atoms with Crippen molar-refractivity contribution in [3.05, 3.63) is 54.1 Å². The second kappa shape index (κ2) is 12.4. The highest BCUT2D eigenvalue weighted by molar-refractivity contribution is 7.90. The van der Waals surface area contributed by atoms with Gasteiger partial charge < -0.3 is 10.6 Å². The molecule has 3 rings (SSSR count). The number of hydrogen-bond acceptors (Lipinski definition) is 6. The van der Waals surface area contributed by atoms with Crippen molar-refractivity contribution in [1.82, 2.24) is 16.0 Å². The number of halogens is 4. The van der Waals surface area contributed by atoms with Gasteiger partial charge in [0, 0.05) is 12.8 Å². The van der Waals surface area contributed by atoms with Crippen LogP contribution in [0.4, 0.5) is 13.2 Å². The number of benzene rings is 2. The monoisotopic (exact) mass is 561 g/mol. The van der Waals surface area contributed by atoms with Gasteiger partial charge in [0.25, 0.3) is 0 Å². The normalized spacial score (nSPS) is 17.8. The molecular weight excluding hydrogens is 531 g/mol. The molecule has 7 nitrogen and oxygen atoms in total. The van der Waals surface area contributed by atoms with E-state index in [2.05, 4.69) is 16.0 Å². The predicted octanol–water partition coefficient (Wildman–Crippen LogP) is 3.44. The molecule has 37 heavy (non-hydrogen) atoms. The summed E-state index contributed by atoms with van der Waals surface area (Å²) in [5, 5.41) is 7.88. The van der Waals surface area contributed by atoms with Crippen molar-refractivity contribution in [3.63, 3.8) is 0 Å². The molecule has 1 amide bonds. The van der Waals surface area contributed by atoms with E-state index in [0.717, 1.165) is 6.26 Å². The lowest BCUT2D eigenvalue weighted by atomic mass is 9.97. The predicted molar refractivity (Wildman–Crippen MR) is 137 cm³/mol. The van der Waals surface area contributed by atoms with E-state index in [1.54, 1.807) is 26.0 Å². The largest absolute Gasteiger partial charge is 0.407 e. The first-order chi connectivity index (χ1) is 16.8. The Labute approximate surface area is 220 Å². The van der Waals surface area contributed by atoms with Gasteiger partial charge in [0.1, 0.15) is 12.1 Å². The maximum atomic E-state index is 14.1. The number of carbonyl (C=O) groups is 2. The molecule has 0 aliphatic carbocycles. The number of sulfone groups is 1. The minimum atomic E-state index is -4.68. The highest BCUT2D eigenvalue weighted by Gasteiger charge is 2.43. The quantitative estimate of drug-likeness (QED) is 0.433. The minimum Gasteiger partial charge on any atom is -0.344 e. The Bertz CT molecular complexity index is 1190. The first-order valence-corrected chi connectivity index (χ1v) is 13.4. The number of rotatable bonds is 9. The van der Waals surface area contributed by atoms with E-state index in [0.29, 0.717) is 11.1 Å². The van der Waals surface area contributed by atoms with Crippen molar-refractivity contribution in [2.75, 3.05) is 19.3 Å². The number of carbonyl (C=O) groups excluding carboxylic acids is 2. The molecule has 1 heterocycles. The third-order valence-corrected chi connectivity index (χ3v) is 7.06. The maximum Gasteiger partial charge on any atom is 0.407 e. The van der Waals surface area contributed by atoms with Crippen molar-refractivity contribution >= 4 is 33.9 Å². The van der Waals surface area contributed by atoms with Crippen molar-refractivity contribution in [2.24, 2.45) is 5.92 Å². The van der Waals surface area contributed by atoms with Crippen molar-refractivity contribution < 1.29 is 31.2 Å². The zero-order valence-electron chi connectivity index (χ0n) is 20.6. The summed E-state index contributed by atoms with van der Waals surface area (Å²) in [6.45, 7) is 3.96. The summed E-state index contributed by atoms with van der Waals surface area (Å²) in [7, 11) is -3.36. The lowest BCUT2D eigenvalue weighted by Crippen LogP contribution is -2.53. The van der Waals surface area contributed by atoms with Crippen LogP contribution in [0.2, 0.25) is 0 Å². The first-order valence-electron chi connectivity index (χ1n) is 11.5. The summed E-state index contributed by atoms with van der Waals surface area (Å²) in [5.41, 5.74) is 1.19. The van der Waals surface area contributed by atoms with Crippen LogP contribution in [0.25, 0.3) is 11.1 Å². The van der Waals surface area contributed by atoms with Gasteiger partial charge in [-0.05, 0) is 41.2 Å². The van der Waals surface area contributed by atoms with E-state index in [4.69, 9.17) is 0 Å². The van der Waals surface area contributed by atoms with Crippen LogP contribution in [0, 0.1) is 5.92 Å². The number of ketones is 1. The van der Waals surface area contributed by atoms with Crippen LogP contribution >= 0.6 is 12.4 Å². The Morgan fingerprint density at radius 3 is 2.03 bits per heavy atom. The summed E-state index contributed by atoms with van der Waals surface area (Å²) in [6, 6.07) is 7.75. The summed E-state index contributed by atoms with van der Waals surface area (Å²) < 4.78 is 65.6. The number of amides is 1. The Hall–Kier alpha value is -2.47. The van der Waals surface area contributed by atoms with Crippen LogP contribution in [0.1, 0.15) is 31.9 Å². The molecule has 1 fully saturated rings. The Morgan fingerprint density at radius 2 is 1.59 bits per heavy atom. The average Bonchev–Trinajstić information content (AvgIpc) is 3.19. The molecule has 1 saturated heterocycles. The highest BCUT2D eigenvalue weighted by Crippen LogP contribution is 2.34. The van der Waals surface area contributed by atoms with Gasteiger partial charge in [-0.1, -0.05) is 50.2 Å². The molecule has 1 aliphatic heterocycles. The fourth-order valence-electron chi connectivity index (χ4n) is 4.05. The Morgan fingerprint density at radius 1 is 1.05 bits per heavy atom. The van der Waals surface area contributed by atoms with Gasteiger partial charge in [0.15, 0.2) is 15.6 Å². The van der Waals surface area contributed by atoms with Gasteiger partial charge >= 0.3 is 6.18 Å². The summed E-state index contributed by atoms with van der Waals surface area (Å²) in [5.74, 6) is -0.932. The van der Waals surface area contributed by atoms with Gasteiger partial charge in [-0.2, -0.15) is 13.2 Å². The third kappa shape index (κ3) is 8.26. The third-order valence-electron chi connectivity index (χ3n) is 5.93. The van der Waals surface area contributed by atoms with Gasteiger partial charge in [-0.3, -0.25) is 14.9 Å². The fraction of sp³-hybridized carbons (Fsp3) is 0.440. The molecule has 0 bridgehead atoms. The fourth-order valence-corrected chi connectivity index (χ4v) is 4.68. The van der Waals surface area contributed by atoms with E-state index in [1.165, 1.54) is 36.4 Å². The number of hydrogen-bond donors (Lipinski definition) is 3. The van der Waals surface area contributed by atoms with Crippen molar-refractivity contribution in [1.29, 1.82) is 0 Å². The zero-order valence-corrected chi connectivity index (χ0v) is 22.3. The van der Waals surface area contributed by atoms with Crippen LogP contribution in [0.3, 0.4) is 0 Å². The van der Waals surface area contributed by atoms with Crippen LogP contribution in [-0.2, 0) is 19.4 Å². The molecule has 204 valence electrons. The lowest BCUT2D eigenvalue weighted by molar-refractivity contribution is -0.161. The number of nitrogens with one attached hydrogen (secondary N) is 3. The van der Waals surface area contributed by atoms with E-state index in [9.17, 15) is 31.2 Å². The zero-order chi connectivity index (χ0) is 26.7. The molecular formula is C25H31ClF3N3O4S. The van der Waals surface area contributed by atoms with Gasteiger partial charge in [-0.25, -0.2) is 8.42 Å². The second-order valence-corrected chi connectivity index (χ2v) is 11.4. The van der Waals surface area contributed by atoms with E-state index < -0.39 is 40.0 Å². The molecule has 0 saturated carbocycles. The Balaban J connectivity index is 0.00000481. The standard InChI is InChI=1S/C25H30F3N3O4S.ClH/c1-15(2)12-20(24(33)31-21-13-29-14-22(21)32)30-23(25(26,27)28)18-6-4-16(5-7-18)17-8-10-19(11-9-17)36(3,34)35;/h4-11,15,20-21,23,29-30H,12-14H2,1-3H3,(H,31,33);1H/t20-,21?,23-;/m0./s1. The van der Waals surface area contributed by atoms with Crippen LogP contribution < -0.4 is 16.0 Å². The molecule has 1 aliphatic rings. The smallest absolute Gasteiger partial charge is 0.344 e. The maximum absolute atomic E-state index is 14.1. The SMILES string of the molecule is CC(C)C[C@H](N[C@@H](c1ccc(-c2ccc(S(C)(=O)=O)cc2)cc1)C(F)(F)F)C(=O)NC1CNCC1=O.Cl. The average molecular weight is 562 g/mol. The van der Waals surface area contributed by atoms with E-state index >= 15 is 0 Å². The molecule has 2 aromatic rings. The summed E-state index contributed by atoms with van der Waals surface area (Å²) in [4.78, 5) is 24.9. The van der Waals surface area contributed by atoms with Crippen molar-refractivity contribution in [3.8, 4) is 11.1 Å². The van der Waals surface area contributed by atoms with E-state index in [1.807, 2.05) is 0 Å². The van der Waals surface area contributed by atoms with Crippen LogP contribution in [0.5, 0.6) is 0 Å². The van der Waals surface area contributed by atoms with Gasteiger partial charge in [0.2, 0.25) is 5.91 Å². The summed E-state index contributed by atoms with van der Waals surface area (Å²) >= 11 is 0. The first kappa shape index (κ1) is 30.8. The molecule has 0 aromatic heterocycles. The molecule has 12 heteroatoms. The number of alkyl halides is 3. The van der Waals surface area contributed by atoms with Crippen LogP contribution in [0.15, 0.2) is 53.4 Å². The molecule has 0 radical (unpaired) electrons. The summed E-state index contributed by atoms with van der Waals surface area (Å²) in [6.07, 6.45) is -3.44. The molecule has 2 aromatic carbocycles. The molecule has 0 spiro atoms. The second-order valence-electron chi connectivity index (χ2n) is 9.40. The number of Topliss-reactive ketones (excluding diaryl/α,β-unsaturated/α-hetero) is 1. The van der Waals surface area contributed by atoms with E-state index in [-0.39, 0.29) is 54.1 Å².